The second kappa shape index (κ2) is 4.87. The molecule has 0 saturated carbocycles. The average Bonchev–Trinajstić information content (AvgIpc) is 2.35. The van der Waals surface area contributed by atoms with Crippen LogP contribution in [0.5, 0.6) is 5.75 Å². The van der Waals surface area contributed by atoms with Crippen LogP contribution in [0.2, 0.25) is 0 Å². The lowest BCUT2D eigenvalue weighted by atomic mass is 10.0. The van der Waals surface area contributed by atoms with E-state index in [-0.39, 0.29) is 0 Å². The highest BCUT2D eigenvalue weighted by Crippen LogP contribution is 2.28. The largest absolute Gasteiger partial charge is 0.493 e. The van der Waals surface area contributed by atoms with Gasteiger partial charge in [-0.15, -0.1) is 0 Å². The number of nitrogens with one attached hydrogen (secondary N) is 1. The second-order valence-corrected chi connectivity index (χ2v) is 3.84. The summed E-state index contributed by atoms with van der Waals surface area (Å²) in [5.74, 6) is -0.196. The Balaban J connectivity index is 2.60. The third-order valence-corrected chi connectivity index (χ3v) is 2.58. The molecule has 0 heterocycles. The Bertz CT molecular complexity index is 549. The molecule has 1 N–H and O–H groups in total. The zero-order valence-electron chi connectivity index (χ0n) is 9.69. The number of carbonyl (C=O) groups excluding carboxylic acids is 1. The Morgan fingerprint density at radius 2 is 2.00 bits per heavy atom. The maximum atomic E-state index is 11.4. The van der Waals surface area contributed by atoms with Crippen molar-refractivity contribution in [3.05, 3.63) is 42.0 Å². The first-order chi connectivity index (χ1) is 8.24. The smallest absolute Gasteiger partial charge is 0.274 e. The van der Waals surface area contributed by atoms with Gasteiger partial charge in [0.15, 0.2) is 0 Å². The molecule has 0 fully saturated rings. The van der Waals surface area contributed by atoms with Crippen molar-refractivity contribution in [2.24, 2.45) is 0 Å². The van der Waals surface area contributed by atoms with Crippen LogP contribution < -0.4 is 10.5 Å². The highest BCUT2D eigenvalue weighted by atomic mass is 16.5. The number of fused-ring (bicyclic) bond motifs is 1. The molecule has 1 amide bonds. The Morgan fingerprint density at radius 3 is 2.71 bits per heavy atom. The minimum absolute atomic E-state index is 0.358. The topological polar surface area (TPSA) is 50.1 Å². The Labute approximate surface area is 100 Å². The van der Waals surface area contributed by atoms with Gasteiger partial charge in [-0.05, 0) is 23.3 Å². The molecule has 87 valence electrons. The van der Waals surface area contributed by atoms with Crippen LogP contribution in [0.4, 0.5) is 0 Å². The van der Waals surface area contributed by atoms with Gasteiger partial charge in [0.25, 0.3) is 5.91 Å². The molecule has 0 aliphatic carbocycles. The molecule has 0 aliphatic heterocycles. The molecule has 1 radical (unpaired) electrons. The number of hydrogen-bond acceptors (Lipinski definition) is 2. The van der Waals surface area contributed by atoms with Crippen LogP contribution in [0.25, 0.3) is 10.8 Å². The molecule has 0 bridgehead atoms. The van der Waals surface area contributed by atoms with E-state index in [2.05, 4.69) is 0 Å². The van der Waals surface area contributed by atoms with Gasteiger partial charge in [0.05, 0.1) is 12.2 Å². The lowest BCUT2D eigenvalue weighted by molar-refractivity contribution is 0.0990. The lowest BCUT2D eigenvalue weighted by Gasteiger charge is -2.10. The summed E-state index contributed by atoms with van der Waals surface area (Å²) < 4.78 is 5.51. The number of hydrogen-bond donors (Lipinski definition) is 0. The van der Waals surface area contributed by atoms with Crippen molar-refractivity contribution in [1.29, 1.82) is 0 Å². The first kappa shape index (κ1) is 11.5. The summed E-state index contributed by atoms with van der Waals surface area (Å²) in [6.07, 6.45) is 0.873. The maximum Gasteiger partial charge on any atom is 0.274 e. The number of rotatable bonds is 4. The molecule has 0 aliphatic rings. The predicted octanol–water partition coefficient (Wildman–Crippen LogP) is 3.05. The molecule has 3 heteroatoms. The number of ether oxygens (including phenoxy) is 1. The summed E-state index contributed by atoms with van der Waals surface area (Å²) in [5, 5.41) is 1.73. The van der Waals surface area contributed by atoms with Crippen LogP contribution in [0.15, 0.2) is 36.4 Å². The van der Waals surface area contributed by atoms with E-state index in [4.69, 9.17) is 10.5 Å². The Kier molecular flexibility index (Phi) is 3.28. The van der Waals surface area contributed by atoms with Gasteiger partial charge in [0.2, 0.25) is 0 Å². The summed E-state index contributed by atoms with van der Waals surface area (Å²) in [4.78, 5) is 11.4. The molecule has 0 atom stereocenters. The first-order valence-electron chi connectivity index (χ1n) is 5.64. The molecule has 17 heavy (non-hydrogen) atoms. The third kappa shape index (κ3) is 2.23. The van der Waals surface area contributed by atoms with Crippen molar-refractivity contribution < 1.29 is 9.53 Å². The van der Waals surface area contributed by atoms with E-state index in [1.165, 1.54) is 0 Å². The van der Waals surface area contributed by atoms with Crippen LogP contribution in [0.1, 0.15) is 23.7 Å². The van der Waals surface area contributed by atoms with Crippen molar-refractivity contribution in [3.63, 3.8) is 0 Å². The van der Waals surface area contributed by atoms with Crippen molar-refractivity contribution in [1.82, 2.24) is 5.73 Å². The van der Waals surface area contributed by atoms with Crippen LogP contribution in [0, 0.1) is 0 Å². The predicted molar refractivity (Wildman–Crippen MR) is 67.2 cm³/mol. The minimum Gasteiger partial charge on any atom is -0.493 e. The van der Waals surface area contributed by atoms with Crippen LogP contribution in [0.3, 0.4) is 0 Å². The van der Waals surface area contributed by atoms with Gasteiger partial charge in [-0.2, -0.15) is 0 Å². The molecule has 2 aromatic carbocycles. The fourth-order valence-corrected chi connectivity index (χ4v) is 1.82. The molecular formula is C14H14NO2. The van der Waals surface area contributed by atoms with Gasteiger partial charge in [-0.25, -0.2) is 0 Å². The number of carbonyl (C=O) groups is 1. The summed E-state index contributed by atoms with van der Waals surface area (Å²) in [5.41, 5.74) is 7.72. The highest BCUT2D eigenvalue weighted by Gasteiger charge is 2.14. The van der Waals surface area contributed by atoms with Crippen LogP contribution in [-0.2, 0) is 0 Å². The fourth-order valence-electron chi connectivity index (χ4n) is 1.82. The van der Waals surface area contributed by atoms with Gasteiger partial charge in [0.1, 0.15) is 5.75 Å². The lowest BCUT2D eigenvalue weighted by Crippen LogP contribution is -2.06. The minimum atomic E-state index is -0.701. The summed E-state index contributed by atoms with van der Waals surface area (Å²) in [6, 6.07) is 11.2. The average molecular weight is 228 g/mol. The SMILES string of the molecule is CCCOc1ccc2ccccc2c1C([NH])=O. The Morgan fingerprint density at radius 1 is 1.24 bits per heavy atom. The Hall–Kier alpha value is -2.03. The molecule has 2 aromatic rings. The quantitative estimate of drug-likeness (QED) is 0.807. The molecule has 2 rings (SSSR count). The zero-order chi connectivity index (χ0) is 12.3. The van der Waals surface area contributed by atoms with E-state index in [0.29, 0.717) is 17.9 Å². The van der Waals surface area contributed by atoms with Crippen LogP contribution in [-0.4, -0.2) is 12.5 Å². The second-order valence-electron chi connectivity index (χ2n) is 3.84. The van der Waals surface area contributed by atoms with Gasteiger partial charge in [0, 0.05) is 0 Å². The van der Waals surface area contributed by atoms with E-state index in [0.717, 1.165) is 17.2 Å². The molecular weight excluding hydrogens is 214 g/mol. The monoisotopic (exact) mass is 228 g/mol. The third-order valence-electron chi connectivity index (χ3n) is 2.58. The summed E-state index contributed by atoms with van der Waals surface area (Å²) >= 11 is 0. The first-order valence-corrected chi connectivity index (χ1v) is 5.64. The molecule has 0 unspecified atom stereocenters. The zero-order valence-corrected chi connectivity index (χ0v) is 9.69. The van der Waals surface area contributed by atoms with E-state index in [1.54, 1.807) is 6.07 Å². The number of amides is 1. The molecule has 3 nitrogen and oxygen atoms in total. The molecule has 0 saturated heterocycles. The summed E-state index contributed by atoms with van der Waals surface area (Å²) in [7, 11) is 0. The van der Waals surface area contributed by atoms with Gasteiger partial charge < -0.3 is 4.74 Å². The van der Waals surface area contributed by atoms with Gasteiger partial charge in [-0.1, -0.05) is 37.3 Å². The molecule has 0 aromatic heterocycles. The standard InChI is InChI=1S/C14H14NO2/c1-2-9-17-12-8-7-10-5-3-4-6-11(10)13(12)14(15)16/h3-8,15H,2,9H2,1H3. The van der Waals surface area contributed by atoms with E-state index >= 15 is 0 Å². The van der Waals surface area contributed by atoms with E-state index < -0.39 is 5.91 Å². The van der Waals surface area contributed by atoms with Crippen molar-refractivity contribution in [3.8, 4) is 5.75 Å². The van der Waals surface area contributed by atoms with Crippen molar-refractivity contribution in [2.45, 2.75) is 13.3 Å². The van der Waals surface area contributed by atoms with Crippen molar-refractivity contribution >= 4 is 16.7 Å². The van der Waals surface area contributed by atoms with E-state index in [9.17, 15) is 4.79 Å². The van der Waals surface area contributed by atoms with Gasteiger partial charge in [-0.3, -0.25) is 10.5 Å². The number of benzene rings is 2. The van der Waals surface area contributed by atoms with Gasteiger partial charge >= 0.3 is 0 Å². The normalized spacial score (nSPS) is 10.4. The molecule has 0 spiro atoms. The van der Waals surface area contributed by atoms with Crippen molar-refractivity contribution in [2.75, 3.05) is 6.61 Å². The maximum absolute atomic E-state index is 11.4. The van der Waals surface area contributed by atoms with Crippen LogP contribution >= 0.6 is 0 Å². The van der Waals surface area contributed by atoms with E-state index in [1.807, 2.05) is 37.3 Å². The summed E-state index contributed by atoms with van der Waals surface area (Å²) in [6.45, 7) is 2.56. The highest BCUT2D eigenvalue weighted by molar-refractivity contribution is 6.08. The fraction of sp³-hybridized carbons (Fsp3) is 0.214.